The maximum Gasteiger partial charge on any atom is 0.216 e. The van der Waals surface area contributed by atoms with Gasteiger partial charge < -0.3 is 4.74 Å². The summed E-state index contributed by atoms with van der Waals surface area (Å²) in [6.07, 6.45) is 5.79. The first-order valence-corrected chi connectivity index (χ1v) is 8.50. The van der Waals surface area contributed by atoms with E-state index in [1.54, 1.807) is 13.3 Å². The van der Waals surface area contributed by atoms with E-state index in [1.807, 2.05) is 23.0 Å². The Bertz CT molecular complexity index is 1050. The van der Waals surface area contributed by atoms with Gasteiger partial charge in [-0.15, -0.1) is 0 Å². The first kappa shape index (κ1) is 16.5. The fourth-order valence-corrected chi connectivity index (χ4v) is 3.03. The van der Waals surface area contributed by atoms with E-state index >= 15 is 0 Å². The van der Waals surface area contributed by atoms with Gasteiger partial charge in [0, 0.05) is 24.4 Å². The van der Waals surface area contributed by atoms with Crippen LogP contribution in [0, 0.1) is 0 Å². The van der Waals surface area contributed by atoms with Crippen molar-refractivity contribution in [3.63, 3.8) is 0 Å². The topological polar surface area (TPSA) is 65.7 Å². The van der Waals surface area contributed by atoms with Crippen molar-refractivity contribution in [3.8, 4) is 5.88 Å². The molecule has 0 atom stereocenters. The highest BCUT2D eigenvalue weighted by Crippen LogP contribution is 2.20. The Hall–Kier alpha value is -2.99. The largest absolute Gasteiger partial charge is 0.481 e. The van der Waals surface area contributed by atoms with Crippen LogP contribution >= 0.6 is 11.6 Å². The molecule has 0 saturated heterocycles. The minimum absolute atomic E-state index is 0.419. The Morgan fingerprint density at radius 2 is 1.85 bits per heavy atom. The van der Waals surface area contributed by atoms with Gasteiger partial charge in [0.2, 0.25) is 5.88 Å². The molecule has 0 saturated carbocycles. The lowest BCUT2D eigenvalue weighted by Gasteiger charge is -2.08. The number of nitrogens with zero attached hydrogens (tertiary/aromatic N) is 5. The molecule has 0 amide bonds. The van der Waals surface area contributed by atoms with E-state index in [1.165, 1.54) is 11.9 Å². The zero-order valence-electron chi connectivity index (χ0n) is 14.1. The van der Waals surface area contributed by atoms with Gasteiger partial charge >= 0.3 is 0 Å². The number of hydrogen-bond donors (Lipinski definition) is 0. The lowest BCUT2D eigenvalue weighted by Crippen LogP contribution is -2.00. The van der Waals surface area contributed by atoms with Crippen LogP contribution in [0.3, 0.4) is 0 Å². The summed E-state index contributed by atoms with van der Waals surface area (Å²) >= 11 is 6.08. The number of pyridine rings is 1. The van der Waals surface area contributed by atoms with Crippen LogP contribution < -0.4 is 4.74 Å². The number of methoxy groups -OCH3 is 1. The Kier molecular flexibility index (Phi) is 4.50. The zero-order chi connectivity index (χ0) is 17.9. The van der Waals surface area contributed by atoms with Gasteiger partial charge in [-0.25, -0.2) is 15.0 Å². The lowest BCUT2D eigenvalue weighted by atomic mass is 10.0. The van der Waals surface area contributed by atoms with Gasteiger partial charge in [-0.1, -0.05) is 41.9 Å². The predicted molar refractivity (Wildman–Crippen MR) is 99.5 cm³/mol. The molecule has 7 heteroatoms. The summed E-state index contributed by atoms with van der Waals surface area (Å²) in [4.78, 5) is 12.4. The van der Waals surface area contributed by atoms with Gasteiger partial charge in [0.15, 0.2) is 5.65 Å². The molecule has 4 rings (SSSR count). The van der Waals surface area contributed by atoms with Crippen LogP contribution in [0.2, 0.25) is 5.15 Å². The third-order valence-electron chi connectivity index (χ3n) is 4.12. The van der Waals surface area contributed by atoms with E-state index < -0.39 is 0 Å². The molecule has 3 aromatic heterocycles. The molecule has 1 aromatic carbocycles. The van der Waals surface area contributed by atoms with Crippen molar-refractivity contribution >= 4 is 22.6 Å². The molecular formula is C19H16ClN5O. The van der Waals surface area contributed by atoms with Crippen LogP contribution in [0.5, 0.6) is 5.88 Å². The molecule has 0 fully saturated rings. The normalized spacial score (nSPS) is 11.0. The van der Waals surface area contributed by atoms with Crippen LogP contribution in [0.4, 0.5) is 0 Å². The van der Waals surface area contributed by atoms with Crippen LogP contribution in [0.15, 0.2) is 55.1 Å². The van der Waals surface area contributed by atoms with E-state index in [0.717, 1.165) is 22.9 Å². The molecule has 0 bridgehead atoms. The van der Waals surface area contributed by atoms with Crippen molar-refractivity contribution in [1.29, 1.82) is 0 Å². The molecule has 0 radical (unpaired) electrons. The number of ether oxygens (including phenoxy) is 1. The Morgan fingerprint density at radius 1 is 1.04 bits per heavy atom. The maximum absolute atomic E-state index is 6.08. The van der Waals surface area contributed by atoms with Gasteiger partial charge in [-0.3, -0.25) is 4.68 Å². The Balaban J connectivity index is 1.51. The average molecular weight is 366 g/mol. The summed E-state index contributed by atoms with van der Waals surface area (Å²) in [6, 6.07) is 12.4. The number of rotatable bonds is 5. The second-order valence-corrected chi connectivity index (χ2v) is 6.25. The molecule has 3 heterocycles. The summed E-state index contributed by atoms with van der Waals surface area (Å²) in [5.41, 5.74) is 4.00. The first-order valence-electron chi connectivity index (χ1n) is 8.12. The third kappa shape index (κ3) is 3.36. The molecule has 0 aliphatic rings. The maximum atomic E-state index is 6.08. The van der Waals surface area contributed by atoms with E-state index in [4.69, 9.17) is 16.3 Å². The second-order valence-electron chi connectivity index (χ2n) is 5.89. The SMILES string of the molecule is COc1ncccc1Cc1ccc(Cn2cc3c(Cl)ncnc3n2)cc1. The van der Waals surface area contributed by atoms with Crippen LogP contribution in [0.25, 0.3) is 11.0 Å². The quantitative estimate of drug-likeness (QED) is 0.506. The molecule has 6 nitrogen and oxygen atoms in total. The highest BCUT2D eigenvalue weighted by atomic mass is 35.5. The monoisotopic (exact) mass is 365 g/mol. The summed E-state index contributed by atoms with van der Waals surface area (Å²) in [5, 5.41) is 5.62. The number of halogens is 1. The fourth-order valence-electron chi connectivity index (χ4n) is 2.85. The fraction of sp³-hybridized carbons (Fsp3) is 0.158. The van der Waals surface area contributed by atoms with Gasteiger partial charge in [-0.2, -0.15) is 5.10 Å². The number of fused-ring (bicyclic) bond motifs is 1. The van der Waals surface area contributed by atoms with Gasteiger partial charge in [0.1, 0.15) is 11.5 Å². The standard InChI is InChI=1S/C19H16ClN5O/c1-26-19-15(3-2-8-21-19)9-13-4-6-14(7-5-13)10-25-11-16-17(20)22-12-23-18(16)24-25/h2-8,11-12H,9-10H2,1H3. The van der Waals surface area contributed by atoms with Crippen molar-refractivity contribution in [2.24, 2.45) is 0 Å². The molecule has 0 aliphatic carbocycles. The minimum atomic E-state index is 0.419. The van der Waals surface area contributed by atoms with Crippen LogP contribution in [0.1, 0.15) is 16.7 Å². The van der Waals surface area contributed by atoms with Gasteiger partial charge in [-0.05, 0) is 17.2 Å². The molecule has 130 valence electrons. The summed E-state index contributed by atoms with van der Waals surface area (Å²) in [7, 11) is 1.64. The lowest BCUT2D eigenvalue weighted by molar-refractivity contribution is 0.393. The van der Waals surface area contributed by atoms with E-state index in [0.29, 0.717) is 23.2 Å². The summed E-state index contributed by atoms with van der Waals surface area (Å²) in [6.45, 7) is 0.642. The number of hydrogen-bond acceptors (Lipinski definition) is 5. The van der Waals surface area contributed by atoms with Crippen molar-refractivity contribution in [1.82, 2.24) is 24.7 Å². The molecule has 0 N–H and O–H groups in total. The highest BCUT2D eigenvalue weighted by Gasteiger charge is 2.08. The molecule has 0 spiro atoms. The highest BCUT2D eigenvalue weighted by molar-refractivity contribution is 6.33. The summed E-state index contributed by atoms with van der Waals surface area (Å²) in [5.74, 6) is 0.665. The first-order chi connectivity index (χ1) is 12.7. The van der Waals surface area contributed by atoms with E-state index in [2.05, 4.69) is 44.3 Å². The Morgan fingerprint density at radius 3 is 2.62 bits per heavy atom. The van der Waals surface area contributed by atoms with Crippen LogP contribution in [-0.4, -0.2) is 31.8 Å². The van der Waals surface area contributed by atoms with Crippen molar-refractivity contribution < 1.29 is 4.74 Å². The van der Waals surface area contributed by atoms with Crippen LogP contribution in [-0.2, 0) is 13.0 Å². The number of benzene rings is 1. The molecule has 4 aromatic rings. The molecular weight excluding hydrogens is 350 g/mol. The average Bonchev–Trinajstić information content (AvgIpc) is 3.08. The molecule has 26 heavy (non-hydrogen) atoms. The zero-order valence-corrected chi connectivity index (χ0v) is 14.9. The van der Waals surface area contributed by atoms with Crippen molar-refractivity contribution in [3.05, 3.63) is 77.0 Å². The smallest absolute Gasteiger partial charge is 0.216 e. The third-order valence-corrected chi connectivity index (χ3v) is 4.42. The Labute approximate surface area is 155 Å². The van der Waals surface area contributed by atoms with Gasteiger partial charge in [0.05, 0.1) is 19.0 Å². The number of aromatic nitrogens is 5. The van der Waals surface area contributed by atoms with Crippen molar-refractivity contribution in [2.75, 3.05) is 7.11 Å². The van der Waals surface area contributed by atoms with E-state index in [-0.39, 0.29) is 0 Å². The van der Waals surface area contributed by atoms with Gasteiger partial charge in [0.25, 0.3) is 0 Å². The van der Waals surface area contributed by atoms with E-state index in [9.17, 15) is 0 Å². The molecule has 0 aliphatic heterocycles. The predicted octanol–water partition coefficient (Wildman–Crippen LogP) is 3.52. The van der Waals surface area contributed by atoms with Crippen molar-refractivity contribution in [2.45, 2.75) is 13.0 Å². The minimum Gasteiger partial charge on any atom is -0.481 e. The summed E-state index contributed by atoms with van der Waals surface area (Å²) < 4.78 is 7.14. The second kappa shape index (κ2) is 7.09. The molecule has 0 unspecified atom stereocenters.